The highest BCUT2D eigenvalue weighted by Gasteiger charge is 2.14. The highest BCUT2D eigenvalue weighted by Crippen LogP contribution is 2.23. The number of amides is 2. The minimum absolute atomic E-state index is 0.0288. The van der Waals surface area contributed by atoms with Crippen LogP contribution in [0.15, 0.2) is 48.7 Å². The van der Waals surface area contributed by atoms with Gasteiger partial charge in [0.05, 0.1) is 17.6 Å². The summed E-state index contributed by atoms with van der Waals surface area (Å²) in [4.78, 5) is 34.8. The zero-order valence-corrected chi connectivity index (χ0v) is 15.4. The number of nitro benzene ring substituents is 1. The molecule has 28 heavy (non-hydrogen) atoms. The van der Waals surface area contributed by atoms with Gasteiger partial charge in [-0.15, -0.1) is 0 Å². The topological polar surface area (TPSA) is 116 Å². The van der Waals surface area contributed by atoms with Crippen molar-refractivity contribution in [1.29, 1.82) is 0 Å². The molecule has 10 heteroatoms. The van der Waals surface area contributed by atoms with E-state index in [9.17, 15) is 19.7 Å². The molecule has 0 aliphatic heterocycles. The third kappa shape index (κ3) is 4.04. The molecule has 0 atom stereocenters. The number of ether oxygens (including phenoxy) is 1. The second-order valence-electron chi connectivity index (χ2n) is 5.79. The van der Waals surface area contributed by atoms with Crippen LogP contribution in [0.25, 0.3) is 10.9 Å². The fourth-order valence-corrected chi connectivity index (χ4v) is 2.84. The van der Waals surface area contributed by atoms with Crippen molar-refractivity contribution < 1.29 is 19.2 Å². The summed E-state index contributed by atoms with van der Waals surface area (Å²) in [6.07, 6.45) is 1.64. The van der Waals surface area contributed by atoms with Crippen LogP contribution in [0.3, 0.4) is 0 Å². The van der Waals surface area contributed by atoms with Crippen molar-refractivity contribution in [3.05, 3.63) is 69.4 Å². The van der Waals surface area contributed by atoms with Crippen molar-refractivity contribution >= 4 is 40.0 Å². The first-order valence-corrected chi connectivity index (χ1v) is 8.43. The predicted octanol–water partition coefficient (Wildman–Crippen LogP) is 2.67. The standard InChI is InChI=1S/C18H15ClN4O5/c1-28-16-9-12(19)2-4-14(16)18(25)21-20-17(24)10-22-7-6-11-8-13(23(26)27)3-5-15(11)22/h2-9H,10H2,1H3,(H,20,24)(H,21,25). The van der Waals surface area contributed by atoms with Crippen molar-refractivity contribution in [2.75, 3.05) is 7.11 Å². The molecule has 0 saturated heterocycles. The van der Waals surface area contributed by atoms with E-state index in [0.717, 1.165) is 0 Å². The second kappa shape index (κ2) is 7.97. The van der Waals surface area contributed by atoms with Gasteiger partial charge in [-0.3, -0.25) is 30.6 Å². The van der Waals surface area contributed by atoms with E-state index in [4.69, 9.17) is 16.3 Å². The first-order valence-electron chi connectivity index (χ1n) is 8.05. The van der Waals surface area contributed by atoms with Gasteiger partial charge in [-0.05, 0) is 30.3 Å². The molecule has 2 aromatic carbocycles. The maximum absolute atomic E-state index is 12.2. The van der Waals surface area contributed by atoms with Crippen molar-refractivity contribution in [1.82, 2.24) is 15.4 Å². The third-order valence-electron chi connectivity index (χ3n) is 4.00. The summed E-state index contributed by atoms with van der Waals surface area (Å²) in [5, 5.41) is 11.9. The number of carbonyl (C=O) groups excluding carboxylic acids is 2. The van der Waals surface area contributed by atoms with Crippen LogP contribution in [0.1, 0.15) is 10.4 Å². The van der Waals surface area contributed by atoms with Gasteiger partial charge in [0.25, 0.3) is 17.5 Å². The Labute approximate surface area is 164 Å². The van der Waals surface area contributed by atoms with Crippen molar-refractivity contribution in [3.8, 4) is 5.75 Å². The molecule has 0 aliphatic carbocycles. The van der Waals surface area contributed by atoms with Gasteiger partial charge in [0, 0.05) is 34.3 Å². The van der Waals surface area contributed by atoms with Gasteiger partial charge in [-0.2, -0.15) is 0 Å². The normalized spacial score (nSPS) is 10.5. The molecular weight excluding hydrogens is 388 g/mol. The summed E-state index contributed by atoms with van der Waals surface area (Å²) in [6, 6.07) is 10.5. The first kappa shape index (κ1) is 19.2. The Morgan fingerprint density at radius 2 is 1.96 bits per heavy atom. The summed E-state index contributed by atoms with van der Waals surface area (Å²) >= 11 is 5.86. The Morgan fingerprint density at radius 1 is 1.18 bits per heavy atom. The fourth-order valence-electron chi connectivity index (χ4n) is 2.68. The Kier molecular flexibility index (Phi) is 5.46. The predicted molar refractivity (Wildman–Crippen MR) is 102 cm³/mol. The highest BCUT2D eigenvalue weighted by atomic mass is 35.5. The lowest BCUT2D eigenvalue weighted by Crippen LogP contribution is -2.43. The van der Waals surface area contributed by atoms with Crippen molar-refractivity contribution in [2.45, 2.75) is 6.54 Å². The van der Waals surface area contributed by atoms with Gasteiger partial charge in [0.2, 0.25) is 0 Å². The number of hydrogen-bond acceptors (Lipinski definition) is 5. The summed E-state index contributed by atoms with van der Waals surface area (Å²) in [7, 11) is 1.41. The molecule has 144 valence electrons. The van der Waals surface area contributed by atoms with Crippen LogP contribution >= 0.6 is 11.6 Å². The van der Waals surface area contributed by atoms with E-state index in [1.54, 1.807) is 22.9 Å². The monoisotopic (exact) mass is 402 g/mol. The minimum atomic E-state index is -0.560. The molecule has 0 bridgehead atoms. The van der Waals surface area contributed by atoms with Crippen LogP contribution in [0.5, 0.6) is 5.75 Å². The minimum Gasteiger partial charge on any atom is -0.496 e. The zero-order valence-electron chi connectivity index (χ0n) is 14.6. The zero-order chi connectivity index (χ0) is 20.3. The van der Waals surface area contributed by atoms with E-state index in [1.807, 2.05) is 0 Å². The van der Waals surface area contributed by atoms with Gasteiger partial charge < -0.3 is 9.30 Å². The molecule has 2 N–H and O–H groups in total. The number of benzene rings is 2. The number of methoxy groups -OCH3 is 1. The van der Waals surface area contributed by atoms with Crippen LogP contribution in [0.2, 0.25) is 5.02 Å². The van der Waals surface area contributed by atoms with Crippen LogP contribution < -0.4 is 15.6 Å². The van der Waals surface area contributed by atoms with E-state index >= 15 is 0 Å². The van der Waals surface area contributed by atoms with E-state index in [2.05, 4.69) is 10.9 Å². The van der Waals surface area contributed by atoms with Gasteiger partial charge in [0.1, 0.15) is 12.3 Å². The number of nitrogens with zero attached hydrogens (tertiary/aromatic N) is 2. The number of halogens is 1. The fraction of sp³-hybridized carbons (Fsp3) is 0.111. The molecule has 2 amide bonds. The van der Waals surface area contributed by atoms with Crippen molar-refractivity contribution in [2.24, 2.45) is 0 Å². The summed E-state index contributed by atoms with van der Waals surface area (Å²) in [5.74, 6) is -0.760. The lowest BCUT2D eigenvalue weighted by Gasteiger charge is -2.11. The molecule has 1 aromatic heterocycles. The summed E-state index contributed by atoms with van der Waals surface area (Å²) < 4.78 is 6.72. The number of nitro groups is 1. The Bertz CT molecular complexity index is 1080. The molecule has 0 fully saturated rings. The van der Waals surface area contributed by atoms with E-state index in [0.29, 0.717) is 15.9 Å². The van der Waals surface area contributed by atoms with Crippen molar-refractivity contribution in [3.63, 3.8) is 0 Å². The second-order valence-corrected chi connectivity index (χ2v) is 6.23. The molecule has 9 nitrogen and oxygen atoms in total. The van der Waals surface area contributed by atoms with Crippen LogP contribution in [0.4, 0.5) is 5.69 Å². The van der Waals surface area contributed by atoms with E-state index < -0.39 is 16.7 Å². The summed E-state index contributed by atoms with van der Waals surface area (Å²) in [6.45, 7) is -0.0840. The van der Waals surface area contributed by atoms with E-state index in [1.165, 1.54) is 37.4 Å². The van der Waals surface area contributed by atoms with Gasteiger partial charge in [-0.25, -0.2) is 0 Å². The molecule has 0 spiro atoms. The van der Waals surface area contributed by atoms with Crippen LogP contribution in [-0.4, -0.2) is 28.4 Å². The first-order chi connectivity index (χ1) is 13.4. The Hall–Kier alpha value is -3.59. The molecule has 0 radical (unpaired) electrons. The number of fused-ring (bicyclic) bond motifs is 1. The molecule has 0 aliphatic rings. The molecule has 0 saturated carbocycles. The smallest absolute Gasteiger partial charge is 0.273 e. The van der Waals surface area contributed by atoms with Gasteiger partial charge in [0.15, 0.2) is 0 Å². The third-order valence-corrected chi connectivity index (χ3v) is 4.24. The lowest BCUT2D eigenvalue weighted by atomic mass is 10.2. The van der Waals surface area contributed by atoms with Gasteiger partial charge in [-0.1, -0.05) is 11.6 Å². The Balaban J connectivity index is 1.65. The average Bonchev–Trinajstić information content (AvgIpc) is 3.07. The average molecular weight is 403 g/mol. The molecule has 3 rings (SSSR count). The largest absolute Gasteiger partial charge is 0.496 e. The Morgan fingerprint density at radius 3 is 2.68 bits per heavy atom. The van der Waals surface area contributed by atoms with Crippen LogP contribution in [-0.2, 0) is 11.3 Å². The number of aromatic nitrogens is 1. The number of carbonyl (C=O) groups is 2. The number of non-ortho nitro benzene ring substituents is 1. The van der Waals surface area contributed by atoms with Gasteiger partial charge >= 0.3 is 0 Å². The molecule has 3 aromatic rings. The number of rotatable bonds is 5. The maximum Gasteiger partial charge on any atom is 0.273 e. The summed E-state index contributed by atoms with van der Waals surface area (Å²) in [5.41, 5.74) is 5.48. The number of hydrazine groups is 1. The highest BCUT2D eigenvalue weighted by molar-refractivity contribution is 6.30. The lowest BCUT2D eigenvalue weighted by molar-refractivity contribution is -0.384. The number of nitrogens with one attached hydrogen (secondary N) is 2. The molecular formula is C18H15ClN4O5. The number of hydrogen-bond donors (Lipinski definition) is 2. The maximum atomic E-state index is 12.2. The molecule has 0 unspecified atom stereocenters. The van der Waals surface area contributed by atoms with Crippen LogP contribution in [0, 0.1) is 10.1 Å². The SMILES string of the molecule is COc1cc(Cl)ccc1C(=O)NNC(=O)Cn1ccc2cc([N+](=O)[O-])ccc21. The van der Waals surface area contributed by atoms with E-state index in [-0.39, 0.29) is 23.5 Å². The molecule has 1 heterocycles. The quantitative estimate of drug-likeness (QED) is 0.502.